The van der Waals surface area contributed by atoms with Crippen LogP contribution in [0.3, 0.4) is 0 Å². The molecule has 140 valence electrons. The average Bonchev–Trinajstić information content (AvgIpc) is 2.88. The molecule has 1 heterocycles. The molecule has 0 radical (unpaired) electrons. The van der Waals surface area contributed by atoms with Crippen LogP contribution >= 0.6 is 27.7 Å². The van der Waals surface area contributed by atoms with E-state index in [4.69, 9.17) is 9.47 Å². The third-order valence-corrected chi connectivity index (χ3v) is 5.49. The molecule has 0 unspecified atom stereocenters. The molecule has 2 amide bonds. The van der Waals surface area contributed by atoms with E-state index in [1.165, 1.54) is 26.3 Å². The first-order chi connectivity index (χ1) is 12.9. The number of ether oxygens (including phenoxy) is 2. The number of likely N-dealkylation sites (N-methyl/N-ethyl adjacent to an activating group) is 1. The van der Waals surface area contributed by atoms with E-state index in [-0.39, 0.29) is 23.6 Å². The molecule has 8 heteroatoms. The molecule has 2 aromatic rings. The Morgan fingerprint density at radius 2 is 2.00 bits per heavy atom. The van der Waals surface area contributed by atoms with Crippen LogP contribution < -0.4 is 9.47 Å². The van der Waals surface area contributed by atoms with Crippen LogP contribution in [0.2, 0.25) is 0 Å². The molecular formula is C19H15BrFNO4S. The van der Waals surface area contributed by atoms with Crippen LogP contribution in [-0.4, -0.2) is 30.2 Å². The van der Waals surface area contributed by atoms with Crippen molar-refractivity contribution in [3.8, 4) is 11.5 Å². The standard InChI is InChI=1S/C19H15BrFNO4S/c1-22-18(23)17(27-19(22)24)8-12-7-15(25-2)16(9-14(12)20)26-10-11-4-3-5-13(21)6-11/h3-9H,10H2,1-2H3/b17-8-. The summed E-state index contributed by atoms with van der Waals surface area (Å²) in [6, 6.07) is 9.56. The maximum absolute atomic E-state index is 13.3. The Balaban J connectivity index is 1.85. The molecule has 1 saturated heterocycles. The SMILES string of the molecule is COc1cc(/C=C2\SC(=O)N(C)C2=O)c(Br)cc1OCc1cccc(F)c1. The lowest BCUT2D eigenvalue weighted by Gasteiger charge is -2.13. The minimum Gasteiger partial charge on any atom is -0.493 e. The van der Waals surface area contributed by atoms with E-state index >= 15 is 0 Å². The summed E-state index contributed by atoms with van der Waals surface area (Å²) in [5.74, 6) is 0.248. The van der Waals surface area contributed by atoms with Gasteiger partial charge in [-0.1, -0.05) is 28.1 Å². The summed E-state index contributed by atoms with van der Waals surface area (Å²) in [5, 5.41) is -0.315. The van der Waals surface area contributed by atoms with Gasteiger partial charge in [0.25, 0.3) is 11.1 Å². The Hall–Kier alpha value is -2.32. The van der Waals surface area contributed by atoms with Crippen molar-refractivity contribution in [2.75, 3.05) is 14.2 Å². The maximum Gasteiger partial charge on any atom is 0.293 e. The minimum atomic E-state index is -0.345. The predicted octanol–water partition coefficient (Wildman–Crippen LogP) is 4.84. The molecule has 0 saturated carbocycles. The van der Waals surface area contributed by atoms with Crippen molar-refractivity contribution in [3.05, 3.63) is 62.7 Å². The van der Waals surface area contributed by atoms with Gasteiger partial charge in [-0.25, -0.2) is 4.39 Å². The highest BCUT2D eigenvalue weighted by Gasteiger charge is 2.32. The van der Waals surface area contributed by atoms with Crippen molar-refractivity contribution in [2.24, 2.45) is 0 Å². The zero-order valence-corrected chi connectivity index (χ0v) is 16.9. The van der Waals surface area contributed by atoms with Crippen LogP contribution in [0.1, 0.15) is 11.1 Å². The summed E-state index contributed by atoms with van der Waals surface area (Å²) in [5.41, 5.74) is 1.36. The average molecular weight is 452 g/mol. The Morgan fingerprint density at radius 1 is 1.22 bits per heavy atom. The van der Waals surface area contributed by atoms with Gasteiger partial charge in [-0.05, 0) is 53.2 Å². The van der Waals surface area contributed by atoms with E-state index in [1.54, 1.807) is 30.3 Å². The Bertz CT molecular complexity index is 947. The summed E-state index contributed by atoms with van der Waals surface area (Å²) < 4.78 is 25.1. The van der Waals surface area contributed by atoms with Crippen LogP contribution in [0.4, 0.5) is 9.18 Å². The number of nitrogens with zero attached hydrogens (tertiary/aromatic N) is 1. The highest BCUT2D eigenvalue weighted by atomic mass is 79.9. The smallest absolute Gasteiger partial charge is 0.293 e. The van der Waals surface area contributed by atoms with E-state index in [2.05, 4.69) is 15.9 Å². The van der Waals surface area contributed by atoms with Gasteiger partial charge in [0, 0.05) is 11.5 Å². The van der Waals surface area contributed by atoms with Crippen molar-refractivity contribution in [2.45, 2.75) is 6.61 Å². The molecule has 3 rings (SSSR count). The van der Waals surface area contributed by atoms with Crippen LogP contribution in [-0.2, 0) is 11.4 Å². The molecule has 1 aliphatic heterocycles. The number of halogens is 2. The topological polar surface area (TPSA) is 55.8 Å². The third-order valence-electron chi connectivity index (χ3n) is 3.84. The maximum atomic E-state index is 13.3. The van der Waals surface area contributed by atoms with Crippen molar-refractivity contribution >= 4 is 44.9 Å². The van der Waals surface area contributed by atoms with E-state index < -0.39 is 0 Å². The van der Waals surface area contributed by atoms with Gasteiger partial charge in [-0.3, -0.25) is 14.5 Å². The Labute approximate surface area is 168 Å². The number of thioether (sulfide) groups is 1. The van der Waals surface area contributed by atoms with Crippen LogP contribution in [0.25, 0.3) is 6.08 Å². The number of rotatable bonds is 5. The molecule has 0 atom stereocenters. The normalized spacial score (nSPS) is 15.6. The molecule has 1 aliphatic rings. The zero-order chi connectivity index (χ0) is 19.6. The quantitative estimate of drug-likeness (QED) is 0.608. The number of amides is 2. The number of methoxy groups -OCH3 is 1. The molecule has 0 spiro atoms. The molecule has 27 heavy (non-hydrogen) atoms. The molecule has 5 nitrogen and oxygen atoms in total. The van der Waals surface area contributed by atoms with Gasteiger partial charge in [0.05, 0.1) is 12.0 Å². The largest absolute Gasteiger partial charge is 0.493 e. The van der Waals surface area contributed by atoms with Crippen molar-refractivity contribution in [1.82, 2.24) is 4.90 Å². The first kappa shape index (κ1) is 19.4. The number of carbonyl (C=O) groups is 2. The lowest BCUT2D eigenvalue weighted by molar-refractivity contribution is -0.121. The van der Waals surface area contributed by atoms with Crippen LogP contribution in [0.5, 0.6) is 11.5 Å². The van der Waals surface area contributed by atoms with Gasteiger partial charge in [0.15, 0.2) is 11.5 Å². The molecular weight excluding hydrogens is 437 g/mol. The second-order valence-electron chi connectivity index (χ2n) is 5.68. The highest BCUT2D eigenvalue weighted by molar-refractivity contribution is 9.10. The molecule has 0 aromatic heterocycles. The number of carbonyl (C=O) groups excluding carboxylic acids is 2. The lowest BCUT2D eigenvalue weighted by Crippen LogP contribution is -2.22. The number of benzene rings is 2. The molecule has 0 aliphatic carbocycles. The van der Waals surface area contributed by atoms with Crippen molar-refractivity contribution in [1.29, 1.82) is 0 Å². The first-order valence-corrected chi connectivity index (χ1v) is 9.46. The second kappa shape index (κ2) is 8.14. The molecule has 0 N–H and O–H groups in total. The summed E-state index contributed by atoms with van der Waals surface area (Å²) in [7, 11) is 2.94. The van der Waals surface area contributed by atoms with E-state index in [1.807, 2.05) is 0 Å². The minimum absolute atomic E-state index is 0.175. The number of imide groups is 1. The first-order valence-electron chi connectivity index (χ1n) is 7.85. The monoisotopic (exact) mass is 451 g/mol. The van der Waals surface area contributed by atoms with Gasteiger partial charge in [-0.2, -0.15) is 0 Å². The van der Waals surface area contributed by atoms with Crippen molar-refractivity contribution < 1.29 is 23.5 Å². The van der Waals surface area contributed by atoms with E-state index in [9.17, 15) is 14.0 Å². The second-order valence-corrected chi connectivity index (χ2v) is 7.53. The molecule has 1 fully saturated rings. The van der Waals surface area contributed by atoms with Gasteiger partial charge < -0.3 is 9.47 Å². The fourth-order valence-electron chi connectivity index (χ4n) is 2.41. The summed E-state index contributed by atoms with van der Waals surface area (Å²) in [6.45, 7) is 0.175. The molecule has 2 aromatic carbocycles. The van der Waals surface area contributed by atoms with Gasteiger partial charge in [-0.15, -0.1) is 0 Å². The number of hydrogen-bond donors (Lipinski definition) is 0. The van der Waals surface area contributed by atoms with E-state index in [0.717, 1.165) is 16.7 Å². The summed E-state index contributed by atoms with van der Waals surface area (Å²) >= 11 is 4.33. The van der Waals surface area contributed by atoms with Crippen molar-refractivity contribution in [3.63, 3.8) is 0 Å². The zero-order valence-electron chi connectivity index (χ0n) is 14.5. The van der Waals surface area contributed by atoms with Crippen LogP contribution in [0, 0.1) is 5.82 Å². The Morgan fingerprint density at radius 3 is 2.63 bits per heavy atom. The summed E-state index contributed by atoms with van der Waals surface area (Å²) in [4.78, 5) is 25.1. The Kier molecular flexibility index (Phi) is 5.86. The van der Waals surface area contributed by atoms with Crippen LogP contribution in [0.15, 0.2) is 45.8 Å². The fourth-order valence-corrected chi connectivity index (χ4v) is 3.66. The van der Waals surface area contributed by atoms with Gasteiger partial charge in [0.1, 0.15) is 12.4 Å². The van der Waals surface area contributed by atoms with Gasteiger partial charge in [0.2, 0.25) is 0 Å². The predicted molar refractivity (Wildman–Crippen MR) is 105 cm³/mol. The fraction of sp³-hybridized carbons (Fsp3) is 0.158. The summed E-state index contributed by atoms with van der Waals surface area (Å²) in [6.07, 6.45) is 1.62. The third kappa shape index (κ3) is 4.33. The number of hydrogen-bond acceptors (Lipinski definition) is 5. The van der Waals surface area contributed by atoms with Gasteiger partial charge >= 0.3 is 0 Å². The van der Waals surface area contributed by atoms with E-state index in [0.29, 0.717) is 32.0 Å². The highest BCUT2D eigenvalue weighted by Crippen LogP contribution is 2.37. The lowest BCUT2D eigenvalue weighted by atomic mass is 10.1. The molecule has 0 bridgehead atoms.